The number of carbonyl (C=O) groups excluding carboxylic acids is 3. The number of nitrogens with zero attached hydrogens (tertiary/aromatic N) is 2. The van der Waals surface area contributed by atoms with E-state index in [9.17, 15) is 14.4 Å². The van der Waals surface area contributed by atoms with E-state index < -0.39 is 11.9 Å². The number of aryl methyl sites for hydroxylation is 2. The van der Waals surface area contributed by atoms with Gasteiger partial charge in [0.15, 0.2) is 0 Å². The molecule has 176 valence electrons. The van der Waals surface area contributed by atoms with E-state index in [-0.39, 0.29) is 36.5 Å². The van der Waals surface area contributed by atoms with E-state index in [1.807, 2.05) is 6.07 Å². The van der Waals surface area contributed by atoms with Crippen LogP contribution in [-0.2, 0) is 35.5 Å². The SMILES string of the molecule is O=C1CCC(N2Cc3cc(C4CCN(Cc5ccc6c(c5)CC6)CC4)c(F)cc3C2=O)C(=O)N1. The number of piperidine rings is 2. The van der Waals surface area contributed by atoms with Gasteiger partial charge in [0.2, 0.25) is 11.8 Å². The molecule has 3 amide bonds. The number of benzene rings is 2. The van der Waals surface area contributed by atoms with Gasteiger partial charge in [0.25, 0.3) is 5.91 Å². The molecule has 3 aliphatic heterocycles. The minimum absolute atomic E-state index is 0.123. The van der Waals surface area contributed by atoms with Crippen molar-refractivity contribution >= 4 is 17.7 Å². The van der Waals surface area contributed by atoms with Crippen LogP contribution in [0.4, 0.5) is 4.39 Å². The molecule has 2 aromatic rings. The maximum Gasteiger partial charge on any atom is 0.255 e. The second kappa shape index (κ2) is 8.31. The van der Waals surface area contributed by atoms with Gasteiger partial charge in [-0.2, -0.15) is 0 Å². The van der Waals surface area contributed by atoms with Crippen molar-refractivity contribution in [2.75, 3.05) is 13.1 Å². The Morgan fingerprint density at radius 2 is 1.71 bits per heavy atom. The van der Waals surface area contributed by atoms with E-state index in [4.69, 9.17) is 0 Å². The molecule has 2 fully saturated rings. The van der Waals surface area contributed by atoms with Crippen molar-refractivity contribution in [1.82, 2.24) is 15.1 Å². The molecule has 1 N–H and O–H groups in total. The summed E-state index contributed by atoms with van der Waals surface area (Å²) < 4.78 is 15.1. The predicted octanol–water partition coefficient (Wildman–Crippen LogP) is 3.06. The molecular formula is C27H28FN3O3. The normalized spacial score (nSPS) is 22.9. The first-order chi connectivity index (χ1) is 16.5. The first-order valence-electron chi connectivity index (χ1n) is 12.3. The minimum atomic E-state index is -0.678. The van der Waals surface area contributed by atoms with Crippen molar-refractivity contribution in [3.8, 4) is 0 Å². The zero-order valence-electron chi connectivity index (χ0n) is 19.1. The van der Waals surface area contributed by atoms with Gasteiger partial charge in [-0.25, -0.2) is 4.39 Å². The zero-order chi connectivity index (χ0) is 23.4. The summed E-state index contributed by atoms with van der Waals surface area (Å²) in [5, 5.41) is 2.31. The van der Waals surface area contributed by atoms with E-state index in [2.05, 4.69) is 28.4 Å². The molecule has 0 spiro atoms. The van der Waals surface area contributed by atoms with Crippen LogP contribution in [0.25, 0.3) is 0 Å². The Labute approximate surface area is 198 Å². The first kappa shape index (κ1) is 21.5. The average Bonchev–Trinajstić information content (AvgIpc) is 3.11. The Kier molecular flexibility index (Phi) is 5.25. The zero-order valence-corrected chi connectivity index (χ0v) is 19.1. The number of amides is 3. The number of fused-ring (bicyclic) bond motifs is 2. The van der Waals surface area contributed by atoms with Crippen LogP contribution in [0, 0.1) is 5.82 Å². The van der Waals surface area contributed by atoms with E-state index in [1.54, 1.807) is 0 Å². The summed E-state index contributed by atoms with van der Waals surface area (Å²) in [7, 11) is 0. The van der Waals surface area contributed by atoms with Crippen LogP contribution in [0.15, 0.2) is 30.3 Å². The van der Waals surface area contributed by atoms with E-state index in [0.29, 0.717) is 17.5 Å². The number of nitrogens with one attached hydrogen (secondary N) is 1. The van der Waals surface area contributed by atoms with Crippen molar-refractivity contribution < 1.29 is 18.8 Å². The van der Waals surface area contributed by atoms with E-state index in [1.165, 1.54) is 40.5 Å². The fourth-order valence-corrected chi connectivity index (χ4v) is 5.93. The maximum absolute atomic E-state index is 15.1. The third kappa shape index (κ3) is 3.72. The minimum Gasteiger partial charge on any atom is -0.322 e. The monoisotopic (exact) mass is 461 g/mol. The first-order valence-corrected chi connectivity index (χ1v) is 12.3. The molecule has 2 saturated heterocycles. The number of halogens is 1. The van der Waals surface area contributed by atoms with Gasteiger partial charge in [0.1, 0.15) is 11.9 Å². The molecule has 34 heavy (non-hydrogen) atoms. The molecule has 1 atom stereocenters. The third-order valence-electron chi connectivity index (χ3n) is 8.01. The van der Waals surface area contributed by atoms with Crippen LogP contribution in [-0.4, -0.2) is 46.7 Å². The Balaban J connectivity index is 1.13. The van der Waals surface area contributed by atoms with Crippen molar-refractivity contribution in [1.29, 1.82) is 0 Å². The summed E-state index contributed by atoms with van der Waals surface area (Å²) in [5.74, 6) is -1.30. The van der Waals surface area contributed by atoms with Gasteiger partial charge >= 0.3 is 0 Å². The standard InChI is InChI=1S/C27H28FN3O3/c28-23-13-22-20(15-31(27(22)34)24-5-6-25(32)29-26(24)33)12-21(23)18-7-9-30(10-8-18)14-16-1-2-17-3-4-19(17)11-16/h1-2,11-13,18,24H,3-10,14-15H2,(H,29,32,33). The second-order valence-corrected chi connectivity index (χ2v) is 10.1. The topological polar surface area (TPSA) is 69.7 Å². The molecule has 0 saturated carbocycles. The Morgan fingerprint density at radius 1 is 0.912 bits per heavy atom. The quantitative estimate of drug-likeness (QED) is 0.711. The summed E-state index contributed by atoms with van der Waals surface area (Å²) in [6, 6.07) is 9.33. The molecule has 6 nitrogen and oxygen atoms in total. The van der Waals surface area contributed by atoms with Gasteiger partial charge in [-0.3, -0.25) is 24.6 Å². The molecule has 7 heteroatoms. The highest BCUT2D eigenvalue weighted by Gasteiger charge is 2.40. The molecule has 4 aliphatic rings. The number of hydrogen-bond acceptors (Lipinski definition) is 4. The highest BCUT2D eigenvalue weighted by molar-refractivity contribution is 6.05. The Hall–Kier alpha value is -3.06. The highest BCUT2D eigenvalue weighted by atomic mass is 19.1. The smallest absolute Gasteiger partial charge is 0.255 e. The van der Waals surface area contributed by atoms with Gasteiger partial charge in [-0.05, 0) is 85.0 Å². The van der Waals surface area contributed by atoms with Crippen LogP contribution < -0.4 is 5.32 Å². The van der Waals surface area contributed by atoms with Crippen LogP contribution in [0.2, 0.25) is 0 Å². The molecule has 3 heterocycles. The molecule has 0 bridgehead atoms. The van der Waals surface area contributed by atoms with Crippen molar-refractivity contribution in [2.45, 2.75) is 63.6 Å². The van der Waals surface area contributed by atoms with Crippen LogP contribution in [0.5, 0.6) is 0 Å². The second-order valence-electron chi connectivity index (χ2n) is 10.1. The van der Waals surface area contributed by atoms with Gasteiger partial charge < -0.3 is 4.90 Å². The van der Waals surface area contributed by atoms with Gasteiger partial charge in [0, 0.05) is 25.1 Å². The lowest BCUT2D eigenvalue weighted by Crippen LogP contribution is -2.52. The lowest BCUT2D eigenvalue weighted by molar-refractivity contribution is -0.136. The van der Waals surface area contributed by atoms with E-state index in [0.717, 1.165) is 38.0 Å². The number of imide groups is 1. The summed E-state index contributed by atoms with van der Waals surface area (Å²) >= 11 is 0. The van der Waals surface area contributed by atoms with E-state index >= 15 is 4.39 Å². The van der Waals surface area contributed by atoms with Gasteiger partial charge in [0.05, 0.1) is 0 Å². The fraction of sp³-hybridized carbons (Fsp3) is 0.444. The fourth-order valence-electron chi connectivity index (χ4n) is 5.93. The molecule has 6 rings (SSSR count). The van der Waals surface area contributed by atoms with Crippen LogP contribution >= 0.6 is 0 Å². The van der Waals surface area contributed by atoms with Crippen molar-refractivity contribution in [3.63, 3.8) is 0 Å². The van der Waals surface area contributed by atoms with Gasteiger partial charge in [-0.15, -0.1) is 0 Å². The van der Waals surface area contributed by atoms with Crippen molar-refractivity contribution in [2.24, 2.45) is 0 Å². The number of hydrogen-bond donors (Lipinski definition) is 1. The third-order valence-corrected chi connectivity index (χ3v) is 8.01. The summed E-state index contributed by atoms with van der Waals surface area (Å²) in [6.07, 6.45) is 4.66. The van der Waals surface area contributed by atoms with Crippen LogP contribution in [0.1, 0.15) is 69.8 Å². The molecule has 1 unspecified atom stereocenters. The number of likely N-dealkylation sites (tertiary alicyclic amines) is 1. The molecule has 2 aromatic carbocycles. The lowest BCUT2D eigenvalue weighted by atomic mass is 9.86. The summed E-state index contributed by atoms with van der Waals surface area (Å²) in [4.78, 5) is 40.6. The lowest BCUT2D eigenvalue weighted by Gasteiger charge is -2.33. The largest absolute Gasteiger partial charge is 0.322 e. The van der Waals surface area contributed by atoms with Crippen molar-refractivity contribution in [3.05, 3.63) is 69.5 Å². The van der Waals surface area contributed by atoms with Gasteiger partial charge in [-0.1, -0.05) is 24.3 Å². The molecule has 0 radical (unpaired) electrons. The Morgan fingerprint density at radius 3 is 2.41 bits per heavy atom. The molecule has 0 aromatic heterocycles. The van der Waals surface area contributed by atoms with Crippen LogP contribution in [0.3, 0.4) is 0 Å². The molecular weight excluding hydrogens is 433 g/mol. The average molecular weight is 462 g/mol. The maximum atomic E-state index is 15.1. The Bertz CT molecular complexity index is 1200. The predicted molar refractivity (Wildman–Crippen MR) is 124 cm³/mol. The summed E-state index contributed by atoms with van der Waals surface area (Å²) in [6.45, 7) is 3.05. The summed E-state index contributed by atoms with van der Waals surface area (Å²) in [5.41, 5.74) is 6.10. The number of rotatable bonds is 4. The molecule has 1 aliphatic carbocycles. The number of carbonyl (C=O) groups is 3. The highest BCUT2D eigenvalue weighted by Crippen LogP contribution is 2.36.